The Morgan fingerprint density at radius 3 is 2.53 bits per heavy atom. The second-order valence-electron chi connectivity index (χ2n) is 8.80. The number of aromatic nitrogens is 2. The zero-order valence-corrected chi connectivity index (χ0v) is 20.1. The van der Waals surface area contributed by atoms with Gasteiger partial charge in [0.15, 0.2) is 0 Å². The van der Waals surface area contributed by atoms with Gasteiger partial charge in [-0.2, -0.15) is 0 Å². The number of nitrogens with zero attached hydrogens (tertiary/aromatic N) is 3. The van der Waals surface area contributed by atoms with E-state index in [1.165, 1.54) is 5.56 Å². The summed E-state index contributed by atoms with van der Waals surface area (Å²) in [5.74, 6) is 0.800. The van der Waals surface area contributed by atoms with Gasteiger partial charge in [-0.05, 0) is 35.7 Å². The molecule has 2 unspecified atom stereocenters. The van der Waals surface area contributed by atoms with Crippen LogP contribution in [0.3, 0.4) is 0 Å². The monoisotopic (exact) mass is 472 g/mol. The minimum Gasteiger partial charge on any atom is -0.314 e. The van der Waals surface area contributed by atoms with Gasteiger partial charge < -0.3 is 5.32 Å². The third-order valence-corrected chi connectivity index (χ3v) is 6.92. The Labute approximate surface area is 205 Å². The van der Waals surface area contributed by atoms with Crippen molar-refractivity contribution in [2.24, 2.45) is 0 Å². The smallest absolute Gasteiger partial charge is 0.261 e. The number of hydrogen-bond donors (Lipinski definition) is 1. The molecule has 0 amide bonds. The van der Waals surface area contributed by atoms with E-state index < -0.39 is 0 Å². The summed E-state index contributed by atoms with van der Waals surface area (Å²) in [5.41, 5.74) is 2.98. The van der Waals surface area contributed by atoms with Gasteiger partial charge in [-0.1, -0.05) is 79.2 Å². The maximum atomic E-state index is 13.8. The molecule has 0 spiro atoms. The summed E-state index contributed by atoms with van der Waals surface area (Å²) >= 11 is 6.29. The maximum absolute atomic E-state index is 13.8. The standard InChI is InChI=1S/C28H29ClN4O/c1-2-25(32-16-15-30-18-26(32)21-11-7-4-8-12-21)27-31-24-17-22(29)13-14-23(24)28(34)33(27)19-20-9-5-3-6-10-20/h3-14,17,25-26,30H,2,15-16,18-19H2,1H3. The molecule has 34 heavy (non-hydrogen) atoms. The topological polar surface area (TPSA) is 50.2 Å². The van der Waals surface area contributed by atoms with E-state index in [4.69, 9.17) is 16.6 Å². The number of halogens is 1. The fourth-order valence-corrected chi connectivity index (χ4v) is 5.19. The lowest BCUT2D eigenvalue weighted by Gasteiger charge is -2.41. The highest BCUT2D eigenvalue weighted by Crippen LogP contribution is 2.33. The second-order valence-corrected chi connectivity index (χ2v) is 9.24. The van der Waals surface area contributed by atoms with Crippen LogP contribution in [0.1, 0.15) is 42.4 Å². The number of piperazine rings is 1. The summed E-state index contributed by atoms with van der Waals surface area (Å²) in [7, 11) is 0. The first kappa shape index (κ1) is 22.8. The molecule has 1 fully saturated rings. The molecule has 1 aliphatic rings. The van der Waals surface area contributed by atoms with Crippen molar-refractivity contribution in [3.8, 4) is 0 Å². The van der Waals surface area contributed by atoms with Gasteiger partial charge in [0.05, 0.1) is 23.5 Å². The van der Waals surface area contributed by atoms with Crippen molar-refractivity contribution < 1.29 is 0 Å². The number of nitrogens with one attached hydrogen (secondary N) is 1. The van der Waals surface area contributed by atoms with E-state index in [0.29, 0.717) is 22.5 Å². The number of fused-ring (bicyclic) bond motifs is 1. The highest BCUT2D eigenvalue weighted by molar-refractivity contribution is 6.31. The predicted molar refractivity (Wildman–Crippen MR) is 138 cm³/mol. The van der Waals surface area contributed by atoms with Crippen LogP contribution in [0, 0.1) is 0 Å². The molecule has 2 atom stereocenters. The van der Waals surface area contributed by atoms with E-state index in [1.807, 2.05) is 28.8 Å². The van der Waals surface area contributed by atoms with Crippen molar-refractivity contribution in [2.45, 2.75) is 32.0 Å². The van der Waals surface area contributed by atoms with Crippen LogP contribution in [-0.2, 0) is 6.54 Å². The van der Waals surface area contributed by atoms with Gasteiger partial charge in [0, 0.05) is 30.7 Å². The first-order valence-electron chi connectivity index (χ1n) is 11.9. The number of benzene rings is 3. The molecular formula is C28H29ClN4O. The summed E-state index contributed by atoms with van der Waals surface area (Å²) in [6, 6.07) is 26.3. The normalized spacial score (nSPS) is 17.6. The van der Waals surface area contributed by atoms with Crippen LogP contribution in [0.15, 0.2) is 83.7 Å². The zero-order chi connectivity index (χ0) is 23.5. The van der Waals surface area contributed by atoms with Crippen molar-refractivity contribution in [3.05, 3.63) is 111 Å². The molecule has 5 rings (SSSR count). The van der Waals surface area contributed by atoms with Crippen molar-refractivity contribution in [1.82, 2.24) is 19.8 Å². The van der Waals surface area contributed by atoms with Crippen LogP contribution in [0.25, 0.3) is 10.9 Å². The Morgan fingerprint density at radius 1 is 1.06 bits per heavy atom. The molecular weight excluding hydrogens is 444 g/mol. The zero-order valence-electron chi connectivity index (χ0n) is 19.3. The molecule has 1 saturated heterocycles. The Bertz CT molecular complexity index is 1320. The Kier molecular flexibility index (Phi) is 6.77. The fourth-order valence-electron chi connectivity index (χ4n) is 5.03. The molecule has 174 valence electrons. The summed E-state index contributed by atoms with van der Waals surface area (Å²) in [5, 5.41) is 4.73. The van der Waals surface area contributed by atoms with Gasteiger partial charge in [-0.15, -0.1) is 0 Å². The van der Waals surface area contributed by atoms with Gasteiger partial charge in [-0.25, -0.2) is 4.98 Å². The molecule has 0 saturated carbocycles. The lowest BCUT2D eigenvalue weighted by Crippen LogP contribution is -2.48. The molecule has 1 N–H and O–H groups in total. The van der Waals surface area contributed by atoms with Crippen LogP contribution >= 0.6 is 11.6 Å². The minimum absolute atomic E-state index is 0.00731. The first-order valence-corrected chi connectivity index (χ1v) is 12.3. The molecule has 1 aromatic heterocycles. The molecule has 5 nitrogen and oxygen atoms in total. The predicted octanol–water partition coefficient (Wildman–Crippen LogP) is 5.20. The van der Waals surface area contributed by atoms with Crippen LogP contribution in [0.5, 0.6) is 0 Å². The van der Waals surface area contributed by atoms with Crippen molar-refractivity contribution in [3.63, 3.8) is 0 Å². The number of hydrogen-bond acceptors (Lipinski definition) is 4. The van der Waals surface area contributed by atoms with E-state index >= 15 is 0 Å². The van der Waals surface area contributed by atoms with Gasteiger partial charge in [-0.3, -0.25) is 14.3 Å². The lowest BCUT2D eigenvalue weighted by atomic mass is 9.99. The Morgan fingerprint density at radius 2 is 1.79 bits per heavy atom. The van der Waals surface area contributed by atoms with Gasteiger partial charge in [0.2, 0.25) is 0 Å². The molecule has 4 aromatic rings. The molecule has 1 aliphatic heterocycles. The SMILES string of the molecule is CCC(c1nc2cc(Cl)ccc2c(=O)n1Cc1ccccc1)N1CCNCC1c1ccccc1. The van der Waals surface area contributed by atoms with E-state index in [0.717, 1.165) is 37.4 Å². The van der Waals surface area contributed by atoms with E-state index in [1.54, 1.807) is 18.2 Å². The summed E-state index contributed by atoms with van der Waals surface area (Å²) < 4.78 is 1.86. The molecule has 0 bridgehead atoms. The fraction of sp³-hybridized carbons (Fsp3) is 0.286. The third kappa shape index (κ3) is 4.51. The van der Waals surface area contributed by atoms with Crippen LogP contribution < -0.4 is 10.9 Å². The van der Waals surface area contributed by atoms with Crippen molar-refractivity contribution in [1.29, 1.82) is 0 Å². The quantitative estimate of drug-likeness (QED) is 0.419. The van der Waals surface area contributed by atoms with Crippen LogP contribution in [0.2, 0.25) is 5.02 Å². The number of rotatable bonds is 6. The van der Waals surface area contributed by atoms with Crippen LogP contribution in [0.4, 0.5) is 0 Å². The largest absolute Gasteiger partial charge is 0.314 e. The van der Waals surface area contributed by atoms with Crippen molar-refractivity contribution in [2.75, 3.05) is 19.6 Å². The molecule has 0 aliphatic carbocycles. The summed E-state index contributed by atoms with van der Waals surface area (Å²) in [4.78, 5) is 21.4. The molecule has 0 radical (unpaired) electrons. The average Bonchev–Trinajstić information content (AvgIpc) is 2.88. The highest BCUT2D eigenvalue weighted by Gasteiger charge is 2.32. The average molecular weight is 473 g/mol. The van der Waals surface area contributed by atoms with Gasteiger partial charge >= 0.3 is 0 Å². The third-order valence-electron chi connectivity index (χ3n) is 6.68. The Hall–Kier alpha value is -2.99. The van der Waals surface area contributed by atoms with Crippen molar-refractivity contribution >= 4 is 22.5 Å². The molecule has 3 aromatic carbocycles. The molecule has 2 heterocycles. The molecule has 6 heteroatoms. The maximum Gasteiger partial charge on any atom is 0.261 e. The van der Waals surface area contributed by atoms with Gasteiger partial charge in [0.1, 0.15) is 5.82 Å². The van der Waals surface area contributed by atoms with E-state index in [9.17, 15) is 4.79 Å². The Balaban J connectivity index is 1.66. The van der Waals surface area contributed by atoms with Gasteiger partial charge in [0.25, 0.3) is 5.56 Å². The van der Waals surface area contributed by atoms with E-state index in [-0.39, 0.29) is 17.6 Å². The first-order chi connectivity index (χ1) is 16.7. The summed E-state index contributed by atoms with van der Waals surface area (Å²) in [6.07, 6.45) is 0.844. The lowest BCUT2D eigenvalue weighted by molar-refractivity contribution is 0.0948. The summed E-state index contributed by atoms with van der Waals surface area (Å²) in [6.45, 7) is 5.31. The minimum atomic E-state index is -0.0228. The second kappa shape index (κ2) is 10.1. The van der Waals surface area contributed by atoms with Crippen LogP contribution in [-0.4, -0.2) is 34.1 Å². The van der Waals surface area contributed by atoms with E-state index in [2.05, 4.69) is 53.5 Å². The highest BCUT2D eigenvalue weighted by atomic mass is 35.5.